The second kappa shape index (κ2) is 11.1. The third kappa shape index (κ3) is 6.24. The zero-order chi connectivity index (χ0) is 25.7. The predicted octanol–water partition coefficient (Wildman–Crippen LogP) is 6.63. The molecule has 1 aliphatic rings. The minimum absolute atomic E-state index is 0.00784. The van der Waals surface area contributed by atoms with Crippen LogP contribution in [0, 0.1) is 22.5 Å². The Morgan fingerprint density at radius 1 is 0.917 bits per heavy atom. The summed E-state index contributed by atoms with van der Waals surface area (Å²) in [5, 5.41) is 11.7. The monoisotopic (exact) mass is 489 g/mol. The quantitative estimate of drug-likeness (QED) is 0.349. The summed E-state index contributed by atoms with van der Waals surface area (Å²) in [6.07, 6.45) is 2.31. The third-order valence-electron chi connectivity index (χ3n) is 7.21. The van der Waals surface area contributed by atoms with Crippen LogP contribution in [-0.4, -0.2) is 36.2 Å². The first-order chi connectivity index (χ1) is 17.2. The lowest BCUT2D eigenvalue weighted by Crippen LogP contribution is -2.48. The first-order valence-corrected chi connectivity index (χ1v) is 12.4. The molecule has 1 saturated heterocycles. The fourth-order valence-electron chi connectivity index (χ4n) is 5.03. The van der Waals surface area contributed by atoms with Crippen LogP contribution >= 0.6 is 0 Å². The number of amides is 1. The molecule has 2 N–H and O–H groups in total. The van der Waals surface area contributed by atoms with Crippen molar-refractivity contribution >= 4 is 11.6 Å². The first-order valence-electron chi connectivity index (χ1n) is 12.4. The van der Waals surface area contributed by atoms with Crippen molar-refractivity contribution < 1.29 is 13.6 Å². The maximum absolute atomic E-state index is 13.3. The largest absolute Gasteiger partial charge is 0.339 e. The van der Waals surface area contributed by atoms with E-state index >= 15 is 0 Å². The van der Waals surface area contributed by atoms with E-state index in [1.807, 2.05) is 36.1 Å². The maximum atomic E-state index is 13.3. The lowest BCUT2D eigenvalue weighted by Gasteiger charge is -2.42. The van der Waals surface area contributed by atoms with Crippen molar-refractivity contribution in [2.24, 2.45) is 5.41 Å². The molecule has 0 spiro atoms. The molecule has 3 aromatic carbocycles. The summed E-state index contributed by atoms with van der Waals surface area (Å²) in [5.74, 6) is -0.512. The van der Waals surface area contributed by atoms with Gasteiger partial charge in [-0.05, 0) is 91.6 Å². The Morgan fingerprint density at radius 2 is 1.42 bits per heavy atom. The Kier molecular flexibility index (Phi) is 7.94. The molecule has 6 heteroatoms. The number of benzene rings is 3. The van der Waals surface area contributed by atoms with Gasteiger partial charge in [0.05, 0.1) is 0 Å². The van der Waals surface area contributed by atoms with E-state index in [0.29, 0.717) is 30.8 Å². The third-order valence-corrected chi connectivity index (χ3v) is 7.21. The molecule has 36 heavy (non-hydrogen) atoms. The van der Waals surface area contributed by atoms with Crippen molar-refractivity contribution in [3.63, 3.8) is 0 Å². The number of hydrogen-bond acceptors (Lipinski definition) is 3. The van der Waals surface area contributed by atoms with Gasteiger partial charge in [-0.15, -0.1) is 0 Å². The van der Waals surface area contributed by atoms with Crippen molar-refractivity contribution in [1.29, 1.82) is 5.41 Å². The normalized spacial score (nSPS) is 15.9. The van der Waals surface area contributed by atoms with Gasteiger partial charge in [0.1, 0.15) is 11.6 Å². The van der Waals surface area contributed by atoms with Gasteiger partial charge < -0.3 is 15.6 Å². The molecule has 1 aliphatic heterocycles. The average Bonchev–Trinajstić information content (AvgIpc) is 2.88. The van der Waals surface area contributed by atoms with E-state index in [1.165, 1.54) is 24.3 Å². The van der Waals surface area contributed by atoms with Crippen molar-refractivity contribution in [2.75, 3.05) is 19.6 Å². The molecule has 0 radical (unpaired) electrons. The number of carbonyl (C=O) groups is 1. The van der Waals surface area contributed by atoms with Gasteiger partial charge in [0.15, 0.2) is 0 Å². The van der Waals surface area contributed by atoms with E-state index in [0.717, 1.165) is 36.1 Å². The van der Waals surface area contributed by atoms with Crippen molar-refractivity contribution in [3.05, 3.63) is 95.6 Å². The highest BCUT2D eigenvalue weighted by molar-refractivity contribution is 5.94. The Balaban J connectivity index is 1.38. The number of nitrogens with zero attached hydrogens (tertiary/aromatic N) is 1. The molecular formula is C30H33F2N3O. The Labute approximate surface area is 211 Å². The van der Waals surface area contributed by atoms with Gasteiger partial charge in [0.2, 0.25) is 0 Å². The van der Waals surface area contributed by atoms with Crippen LogP contribution in [0.25, 0.3) is 11.1 Å². The fraction of sp³-hybridized carbons (Fsp3) is 0.333. The molecule has 0 bridgehead atoms. The van der Waals surface area contributed by atoms with Gasteiger partial charge in [0, 0.05) is 37.0 Å². The Hall–Kier alpha value is -3.38. The second-order valence-corrected chi connectivity index (χ2v) is 9.99. The molecule has 1 atom stereocenters. The first kappa shape index (κ1) is 25.7. The van der Waals surface area contributed by atoms with Crippen LogP contribution in [-0.2, 0) is 0 Å². The van der Waals surface area contributed by atoms with E-state index in [2.05, 4.69) is 12.2 Å². The van der Waals surface area contributed by atoms with E-state index in [1.54, 1.807) is 24.3 Å². The van der Waals surface area contributed by atoms with E-state index < -0.39 is 0 Å². The minimum Gasteiger partial charge on any atom is -0.339 e. The maximum Gasteiger partial charge on any atom is 0.253 e. The average molecular weight is 490 g/mol. The molecular weight excluding hydrogens is 456 g/mol. The summed E-state index contributed by atoms with van der Waals surface area (Å²) in [6.45, 7) is 5.91. The van der Waals surface area contributed by atoms with Gasteiger partial charge in [-0.2, -0.15) is 0 Å². The van der Waals surface area contributed by atoms with E-state index in [4.69, 9.17) is 5.41 Å². The van der Waals surface area contributed by atoms with E-state index in [9.17, 15) is 13.6 Å². The summed E-state index contributed by atoms with van der Waals surface area (Å²) in [5.41, 5.74) is 4.05. The molecule has 1 unspecified atom stereocenters. The Morgan fingerprint density at radius 3 is 1.94 bits per heavy atom. The van der Waals surface area contributed by atoms with Gasteiger partial charge in [-0.3, -0.25) is 4.79 Å². The number of rotatable bonds is 8. The summed E-state index contributed by atoms with van der Waals surface area (Å²) in [4.78, 5) is 15.1. The molecule has 0 aliphatic carbocycles. The molecule has 0 saturated carbocycles. The van der Waals surface area contributed by atoms with Gasteiger partial charge in [0.25, 0.3) is 5.91 Å². The highest BCUT2D eigenvalue weighted by atomic mass is 19.1. The minimum atomic E-state index is -0.273. The lowest BCUT2D eigenvalue weighted by molar-refractivity contribution is 0.0582. The van der Waals surface area contributed by atoms with Crippen LogP contribution in [0.3, 0.4) is 0 Å². The molecule has 4 nitrogen and oxygen atoms in total. The molecule has 1 heterocycles. The molecule has 188 valence electrons. The smallest absolute Gasteiger partial charge is 0.253 e. The molecule has 3 aromatic rings. The summed E-state index contributed by atoms with van der Waals surface area (Å²) >= 11 is 0. The highest BCUT2D eigenvalue weighted by Gasteiger charge is 2.36. The molecule has 0 aromatic heterocycles. The fourth-order valence-corrected chi connectivity index (χ4v) is 5.03. The summed E-state index contributed by atoms with van der Waals surface area (Å²) in [7, 11) is 0. The number of carbonyl (C=O) groups excluding carboxylic acids is 1. The number of hydrogen-bond donors (Lipinski definition) is 2. The van der Waals surface area contributed by atoms with Crippen LogP contribution in [0.4, 0.5) is 8.78 Å². The molecule has 4 rings (SSSR count). The van der Waals surface area contributed by atoms with Crippen molar-refractivity contribution in [3.8, 4) is 11.1 Å². The van der Waals surface area contributed by atoms with Gasteiger partial charge in [-0.1, -0.05) is 36.4 Å². The van der Waals surface area contributed by atoms with Crippen LogP contribution in [0.15, 0.2) is 72.8 Å². The summed E-state index contributed by atoms with van der Waals surface area (Å²) in [6, 6.07) is 20.4. The predicted molar refractivity (Wildman–Crippen MR) is 140 cm³/mol. The zero-order valence-corrected chi connectivity index (χ0v) is 20.9. The molecule has 1 fully saturated rings. The van der Waals surface area contributed by atoms with Crippen molar-refractivity contribution in [1.82, 2.24) is 10.2 Å². The SMILES string of the molecule is CC(=N)CC1(CNC(C)c2ccc(F)cc2)CCN(C(=O)c2ccc(-c3ccc(F)cc3)cc2)CC1. The second-order valence-electron chi connectivity index (χ2n) is 9.99. The summed E-state index contributed by atoms with van der Waals surface area (Å²) < 4.78 is 26.5. The number of halogens is 2. The topological polar surface area (TPSA) is 56.2 Å². The van der Waals surface area contributed by atoms with Crippen LogP contribution in [0.2, 0.25) is 0 Å². The number of piperidine rings is 1. The van der Waals surface area contributed by atoms with Crippen LogP contribution in [0.5, 0.6) is 0 Å². The van der Waals surface area contributed by atoms with E-state index in [-0.39, 0.29) is 29.0 Å². The lowest BCUT2D eigenvalue weighted by atomic mass is 9.74. The van der Waals surface area contributed by atoms with Gasteiger partial charge in [-0.25, -0.2) is 8.78 Å². The zero-order valence-electron chi connectivity index (χ0n) is 20.9. The Bertz CT molecular complexity index is 1180. The standard InChI is InChI=1S/C30H33F2N3O/c1-21(33)19-30(20-34-22(2)23-7-11-27(31)12-8-23)15-17-35(18-16-30)29(36)26-5-3-24(4-6-26)25-9-13-28(32)14-10-25/h3-14,22,33-34H,15-20H2,1-2H3. The van der Waals surface area contributed by atoms with Gasteiger partial charge >= 0.3 is 0 Å². The molecule has 1 amide bonds. The van der Waals surface area contributed by atoms with Crippen LogP contribution < -0.4 is 5.32 Å². The van der Waals surface area contributed by atoms with Crippen LogP contribution in [0.1, 0.15) is 55.1 Å². The number of nitrogens with one attached hydrogen (secondary N) is 2. The van der Waals surface area contributed by atoms with Crippen molar-refractivity contribution in [2.45, 2.75) is 39.2 Å². The number of likely N-dealkylation sites (tertiary alicyclic amines) is 1. The highest BCUT2D eigenvalue weighted by Crippen LogP contribution is 2.36.